The number of aryl methyl sites for hydroxylation is 2. The summed E-state index contributed by atoms with van der Waals surface area (Å²) < 4.78 is 3.57. The molecule has 2 atom stereocenters. The molecule has 2 heterocycles. The highest BCUT2D eigenvalue weighted by Crippen LogP contribution is 2.85. The Balaban J connectivity index is 1.34. The lowest BCUT2D eigenvalue weighted by Gasteiger charge is -2.71. The minimum Gasteiger partial charge on any atom is -0.389 e. The first-order chi connectivity index (χ1) is 15.3. The maximum atomic E-state index is 13.4. The number of nitriles is 1. The summed E-state index contributed by atoms with van der Waals surface area (Å²) in [6, 6.07) is 7.58. The maximum Gasteiger partial charge on any atom is 0.330 e. The molecule has 0 aliphatic heterocycles. The zero-order valence-electron chi connectivity index (χ0n) is 18.1. The van der Waals surface area contributed by atoms with Crippen LogP contribution < -0.4 is 11.0 Å². The molecule has 32 heavy (non-hydrogen) atoms. The highest BCUT2D eigenvalue weighted by molar-refractivity contribution is 5.74. The van der Waals surface area contributed by atoms with E-state index in [9.17, 15) is 9.90 Å². The van der Waals surface area contributed by atoms with Crippen LogP contribution in [0.15, 0.2) is 29.2 Å². The van der Waals surface area contributed by atoms with Gasteiger partial charge in [-0.2, -0.15) is 10.2 Å². The molecule has 162 valence electrons. The van der Waals surface area contributed by atoms with Crippen molar-refractivity contribution in [2.45, 2.75) is 50.2 Å². The highest BCUT2D eigenvalue weighted by Gasteiger charge is 2.84. The van der Waals surface area contributed by atoms with Gasteiger partial charge >= 0.3 is 5.69 Å². The van der Waals surface area contributed by atoms with Crippen molar-refractivity contribution in [3.05, 3.63) is 46.0 Å². The van der Waals surface area contributed by atoms with Gasteiger partial charge in [0.15, 0.2) is 5.65 Å². The average Bonchev–Trinajstić information content (AvgIpc) is 3.33. The van der Waals surface area contributed by atoms with Gasteiger partial charge in [-0.3, -0.25) is 9.13 Å². The molecule has 3 aromatic rings. The van der Waals surface area contributed by atoms with Gasteiger partial charge in [0, 0.05) is 18.2 Å². The van der Waals surface area contributed by atoms with E-state index >= 15 is 0 Å². The second-order valence-electron chi connectivity index (χ2n) is 10.5. The molecule has 4 aliphatic carbocycles. The molecule has 7 rings (SSSR count). The normalized spacial score (nSPS) is 35.8. The first-order valence-corrected chi connectivity index (χ1v) is 11.3. The maximum absolute atomic E-state index is 13.4. The standard InChI is InChI=1S/C24H24N6O2/c1-13-5-14(10-25)3-4-17(13)27-20-26-11-18-19(28-20)30(21(31)29(18)2)22-6-15-8-23(32)9-16(7-22)24(15,23)12-22/h3-5,11,15-16,32H,6-9,12H2,1-2H3,(H,26,27,28). The summed E-state index contributed by atoms with van der Waals surface area (Å²) in [5, 5.41) is 23.4. The van der Waals surface area contributed by atoms with Crippen molar-refractivity contribution in [1.29, 1.82) is 5.26 Å². The third-order valence-electron chi connectivity index (χ3n) is 9.24. The fourth-order valence-electron chi connectivity index (χ4n) is 7.98. The van der Waals surface area contributed by atoms with Crippen molar-refractivity contribution >= 4 is 22.8 Å². The summed E-state index contributed by atoms with van der Waals surface area (Å²) in [4.78, 5) is 22.7. The van der Waals surface area contributed by atoms with E-state index in [0.29, 0.717) is 29.0 Å². The zero-order chi connectivity index (χ0) is 22.0. The van der Waals surface area contributed by atoms with Crippen molar-refractivity contribution in [3.8, 4) is 6.07 Å². The van der Waals surface area contributed by atoms with Gasteiger partial charge < -0.3 is 10.4 Å². The van der Waals surface area contributed by atoms with Crippen LogP contribution in [0, 0.1) is 35.5 Å². The lowest BCUT2D eigenvalue weighted by Crippen LogP contribution is -2.73. The van der Waals surface area contributed by atoms with Crippen molar-refractivity contribution in [3.63, 3.8) is 0 Å². The van der Waals surface area contributed by atoms with Gasteiger partial charge in [0.25, 0.3) is 0 Å². The first-order valence-electron chi connectivity index (χ1n) is 11.3. The molecule has 8 heteroatoms. The Morgan fingerprint density at radius 2 is 2.00 bits per heavy atom. The van der Waals surface area contributed by atoms with Crippen molar-refractivity contribution in [2.75, 3.05) is 5.32 Å². The molecule has 0 saturated heterocycles. The van der Waals surface area contributed by atoms with Gasteiger partial charge in [-0.05, 0) is 74.6 Å². The average molecular weight is 428 g/mol. The third kappa shape index (κ3) is 1.87. The molecular formula is C24H24N6O2. The molecule has 4 aliphatic rings. The van der Waals surface area contributed by atoms with Crippen LogP contribution in [0.4, 0.5) is 11.6 Å². The Kier molecular flexibility index (Phi) is 3.11. The molecule has 4 fully saturated rings. The molecule has 2 unspecified atom stereocenters. The van der Waals surface area contributed by atoms with Gasteiger partial charge in [-0.15, -0.1) is 0 Å². The fourth-order valence-corrected chi connectivity index (χ4v) is 7.98. The molecule has 0 radical (unpaired) electrons. The molecule has 1 spiro atoms. The van der Waals surface area contributed by atoms with Crippen LogP contribution >= 0.6 is 0 Å². The summed E-state index contributed by atoms with van der Waals surface area (Å²) in [5.41, 5.74) is 2.95. The number of aromatic nitrogens is 4. The van der Waals surface area contributed by atoms with Gasteiger partial charge in [0.05, 0.1) is 29.0 Å². The van der Waals surface area contributed by atoms with Gasteiger partial charge in [-0.25, -0.2) is 9.78 Å². The van der Waals surface area contributed by atoms with Crippen LogP contribution in [0.5, 0.6) is 0 Å². The Morgan fingerprint density at radius 1 is 1.25 bits per heavy atom. The molecule has 0 amide bonds. The van der Waals surface area contributed by atoms with Crippen molar-refractivity contribution < 1.29 is 5.11 Å². The van der Waals surface area contributed by atoms with E-state index in [4.69, 9.17) is 10.2 Å². The van der Waals surface area contributed by atoms with Crippen LogP contribution in [0.25, 0.3) is 11.2 Å². The number of nitrogens with zero attached hydrogens (tertiary/aromatic N) is 5. The predicted molar refractivity (Wildman–Crippen MR) is 117 cm³/mol. The smallest absolute Gasteiger partial charge is 0.330 e. The molecule has 1 aromatic carbocycles. The number of rotatable bonds is 3. The number of anilines is 2. The number of hydrogen-bond donors (Lipinski definition) is 2. The lowest BCUT2D eigenvalue weighted by atomic mass is 9.36. The minimum absolute atomic E-state index is 0.0301. The Bertz CT molecular complexity index is 1430. The Labute approximate surface area is 184 Å². The van der Waals surface area contributed by atoms with E-state index < -0.39 is 5.60 Å². The molecular weight excluding hydrogens is 404 g/mol. The van der Waals surface area contributed by atoms with Gasteiger partial charge in [0.1, 0.15) is 5.52 Å². The molecule has 2 aromatic heterocycles. The Hall–Kier alpha value is -3.18. The quantitative estimate of drug-likeness (QED) is 0.664. The van der Waals surface area contributed by atoms with E-state index in [1.54, 1.807) is 23.9 Å². The molecule has 2 bridgehead atoms. The van der Waals surface area contributed by atoms with Crippen LogP contribution in [0.3, 0.4) is 0 Å². The van der Waals surface area contributed by atoms with Crippen LogP contribution in [0.1, 0.15) is 43.2 Å². The molecule has 8 nitrogen and oxygen atoms in total. The number of imidazole rings is 1. The summed E-state index contributed by atoms with van der Waals surface area (Å²) in [5.74, 6) is 1.46. The number of fused-ring (bicyclic) bond motifs is 2. The monoisotopic (exact) mass is 428 g/mol. The highest BCUT2D eigenvalue weighted by atomic mass is 16.3. The summed E-state index contributed by atoms with van der Waals surface area (Å²) in [7, 11) is 1.78. The fraction of sp³-hybridized carbons (Fsp3) is 0.500. The number of hydrogen-bond acceptors (Lipinski definition) is 6. The SMILES string of the molecule is Cc1cc(C#N)ccc1Nc1ncc2c(n1)n(C13CC4CC5(O)CC(C1)C45C3)c(=O)n2C. The first kappa shape index (κ1) is 18.4. The van der Waals surface area contributed by atoms with Crippen molar-refractivity contribution in [2.24, 2.45) is 24.3 Å². The van der Waals surface area contributed by atoms with Gasteiger partial charge in [-0.1, -0.05) is 0 Å². The summed E-state index contributed by atoms with van der Waals surface area (Å²) in [6.45, 7) is 1.93. The van der Waals surface area contributed by atoms with Crippen LogP contribution in [-0.2, 0) is 12.6 Å². The van der Waals surface area contributed by atoms with Crippen molar-refractivity contribution in [1.82, 2.24) is 19.1 Å². The van der Waals surface area contributed by atoms with Crippen LogP contribution in [0.2, 0.25) is 0 Å². The second kappa shape index (κ2) is 5.41. The number of benzene rings is 1. The third-order valence-corrected chi connectivity index (χ3v) is 9.24. The van der Waals surface area contributed by atoms with Crippen LogP contribution in [-0.4, -0.2) is 29.8 Å². The Morgan fingerprint density at radius 3 is 2.62 bits per heavy atom. The van der Waals surface area contributed by atoms with E-state index in [1.807, 2.05) is 23.6 Å². The topological polar surface area (TPSA) is 109 Å². The van der Waals surface area contributed by atoms with E-state index in [-0.39, 0.29) is 16.6 Å². The van der Waals surface area contributed by atoms with E-state index in [0.717, 1.165) is 48.9 Å². The lowest BCUT2D eigenvalue weighted by molar-refractivity contribution is -0.305. The molecule has 4 saturated carbocycles. The largest absolute Gasteiger partial charge is 0.389 e. The predicted octanol–water partition coefficient (Wildman–Crippen LogP) is 2.70. The minimum atomic E-state index is -0.496. The zero-order valence-corrected chi connectivity index (χ0v) is 18.1. The number of nitrogens with one attached hydrogen (secondary N) is 1. The summed E-state index contributed by atoms with van der Waals surface area (Å²) in [6.07, 6.45) is 6.25. The molecule has 2 N–H and O–H groups in total. The van der Waals surface area contributed by atoms with Gasteiger partial charge in [0.2, 0.25) is 5.95 Å². The van der Waals surface area contributed by atoms with E-state index in [1.165, 1.54) is 0 Å². The summed E-state index contributed by atoms with van der Waals surface area (Å²) >= 11 is 0. The van der Waals surface area contributed by atoms with E-state index in [2.05, 4.69) is 16.4 Å². The second-order valence-corrected chi connectivity index (χ2v) is 10.5. The number of aliphatic hydroxyl groups is 1.